The highest BCUT2D eigenvalue weighted by Gasteiger charge is 1.92. The summed E-state index contributed by atoms with van der Waals surface area (Å²) in [6, 6.07) is 0. The first-order chi connectivity index (χ1) is 6.54. The third-order valence-corrected chi connectivity index (χ3v) is 1.20. The molecule has 0 saturated heterocycles. The highest BCUT2D eigenvalue weighted by atomic mass is 16.4. The normalized spacial score (nSPS) is 8.71. The Morgan fingerprint density at radius 2 is 1.36 bits per heavy atom. The Bertz CT molecular complexity index is 161. The standard InChI is InChI=1S/C5H11NO2.C3H7NO2/c6-4-2-1-3-5(7)8;4-2-1-3(5)6/h1-4,6H2,(H,7,8);1-2,4H2,(H,5,6). The van der Waals surface area contributed by atoms with Gasteiger partial charge in [-0.05, 0) is 19.4 Å². The summed E-state index contributed by atoms with van der Waals surface area (Å²) in [5, 5.41) is 15.9. The highest BCUT2D eigenvalue weighted by molar-refractivity contribution is 5.66. The molecule has 6 heteroatoms. The van der Waals surface area contributed by atoms with Crippen molar-refractivity contribution in [1.82, 2.24) is 0 Å². The predicted octanol–water partition coefficient (Wildman–Crippen LogP) is -0.380. The van der Waals surface area contributed by atoms with Gasteiger partial charge in [0.2, 0.25) is 0 Å². The van der Waals surface area contributed by atoms with E-state index in [-0.39, 0.29) is 19.4 Å². The fourth-order valence-electron chi connectivity index (χ4n) is 0.544. The maximum atomic E-state index is 9.83. The van der Waals surface area contributed by atoms with Gasteiger partial charge in [-0.3, -0.25) is 9.59 Å². The van der Waals surface area contributed by atoms with E-state index in [1.165, 1.54) is 0 Å². The van der Waals surface area contributed by atoms with Crippen LogP contribution in [-0.2, 0) is 9.59 Å². The molecular weight excluding hydrogens is 188 g/mol. The summed E-state index contributed by atoms with van der Waals surface area (Å²) in [7, 11) is 0. The smallest absolute Gasteiger partial charge is 0.304 e. The average molecular weight is 206 g/mol. The lowest BCUT2D eigenvalue weighted by molar-refractivity contribution is -0.138. The van der Waals surface area contributed by atoms with Crippen LogP contribution in [0.1, 0.15) is 25.7 Å². The fourth-order valence-corrected chi connectivity index (χ4v) is 0.544. The third-order valence-electron chi connectivity index (χ3n) is 1.20. The molecule has 6 nitrogen and oxygen atoms in total. The zero-order valence-corrected chi connectivity index (χ0v) is 8.11. The molecule has 0 aliphatic carbocycles. The van der Waals surface area contributed by atoms with Crippen LogP contribution in [0.2, 0.25) is 0 Å². The van der Waals surface area contributed by atoms with Crippen molar-refractivity contribution in [3.05, 3.63) is 0 Å². The van der Waals surface area contributed by atoms with E-state index < -0.39 is 11.9 Å². The van der Waals surface area contributed by atoms with Crippen LogP contribution in [0.3, 0.4) is 0 Å². The van der Waals surface area contributed by atoms with Gasteiger partial charge in [-0.2, -0.15) is 0 Å². The van der Waals surface area contributed by atoms with Crippen molar-refractivity contribution in [3.63, 3.8) is 0 Å². The summed E-state index contributed by atoms with van der Waals surface area (Å²) in [6.45, 7) is 0.822. The summed E-state index contributed by atoms with van der Waals surface area (Å²) in [5.41, 5.74) is 9.97. The van der Waals surface area contributed by atoms with E-state index in [4.69, 9.17) is 21.7 Å². The number of nitrogens with two attached hydrogens (primary N) is 2. The molecule has 0 unspecified atom stereocenters. The number of aliphatic carboxylic acids is 2. The Labute approximate surface area is 82.9 Å². The van der Waals surface area contributed by atoms with E-state index >= 15 is 0 Å². The molecule has 0 aromatic heterocycles. The van der Waals surface area contributed by atoms with Gasteiger partial charge in [0, 0.05) is 13.0 Å². The summed E-state index contributed by atoms with van der Waals surface area (Å²) in [5.74, 6) is -1.57. The monoisotopic (exact) mass is 206 g/mol. The van der Waals surface area contributed by atoms with Crippen molar-refractivity contribution in [2.24, 2.45) is 11.5 Å². The summed E-state index contributed by atoms with van der Waals surface area (Å²) in [6.07, 6.45) is 1.83. The maximum absolute atomic E-state index is 9.83. The minimum atomic E-state index is -0.836. The van der Waals surface area contributed by atoms with Gasteiger partial charge in [-0.15, -0.1) is 0 Å². The van der Waals surface area contributed by atoms with E-state index in [9.17, 15) is 9.59 Å². The van der Waals surface area contributed by atoms with Gasteiger partial charge in [0.25, 0.3) is 0 Å². The molecule has 84 valence electrons. The molecule has 6 N–H and O–H groups in total. The summed E-state index contributed by atoms with van der Waals surface area (Å²) >= 11 is 0. The minimum Gasteiger partial charge on any atom is -0.481 e. The Balaban J connectivity index is 0. The van der Waals surface area contributed by atoms with Crippen LogP contribution >= 0.6 is 0 Å². The average Bonchev–Trinajstić information content (AvgIpc) is 2.05. The van der Waals surface area contributed by atoms with E-state index in [0.29, 0.717) is 13.0 Å². The van der Waals surface area contributed by atoms with Gasteiger partial charge in [0.1, 0.15) is 0 Å². The van der Waals surface area contributed by atoms with Gasteiger partial charge in [0.05, 0.1) is 6.42 Å². The molecule has 14 heavy (non-hydrogen) atoms. The summed E-state index contributed by atoms with van der Waals surface area (Å²) in [4.78, 5) is 19.4. The maximum Gasteiger partial charge on any atom is 0.304 e. The van der Waals surface area contributed by atoms with Gasteiger partial charge >= 0.3 is 11.9 Å². The molecule has 0 atom stereocenters. The van der Waals surface area contributed by atoms with E-state index in [2.05, 4.69) is 0 Å². The first-order valence-electron chi connectivity index (χ1n) is 4.38. The van der Waals surface area contributed by atoms with Gasteiger partial charge in [-0.25, -0.2) is 0 Å². The van der Waals surface area contributed by atoms with E-state index in [0.717, 1.165) is 6.42 Å². The zero-order chi connectivity index (χ0) is 11.4. The van der Waals surface area contributed by atoms with Crippen LogP contribution in [0, 0.1) is 0 Å². The quantitative estimate of drug-likeness (QED) is 0.439. The lowest BCUT2D eigenvalue weighted by atomic mass is 10.2. The number of unbranched alkanes of at least 4 members (excludes halogenated alkanes) is 1. The van der Waals surface area contributed by atoms with Crippen LogP contribution in [0.5, 0.6) is 0 Å². The minimum absolute atomic E-state index is 0.0694. The lowest BCUT2D eigenvalue weighted by Gasteiger charge is -1.90. The Kier molecular flexibility index (Phi) is 13.0. The topological polar surface area (TPSA) is 127 Å². The number of carboxylic acids is 2. The van der Waals surface area contributed by atoms with Gasteiger partial charge in [-0.1, -0.05) is 0 Å². The molecule has 0 spiro atoms. The molecule has 0 aromatic carbocycles. The number of carbonyl (C=O) groups is 2. The van der Waals surface area contributed by atoms with Gasteiger partial charge < -0.3 is 21.7 Å². The Morgan fingerprint density at radius 1 is 0.857 bits per heavy atom. The highest BCUT2D eigenvalue weighted by Crippen LogP contribution is 1.91. The van der Waals surface area contributed by atoms with Crippen LogP contribution < -0.4 is 11.5 Å². The first kappa shape index (κ1) is 15.3. The Morgan fingerprint density at radius 3 is 1.57 bits per heavy atom. The molecule has 0 rings (SSSR count). The molecule has 0 aliphatic rings. The van der Waals surface area contributed by atoms with Crippen molar-refractivity contribution in [1.29, 1.82) is 0 Å². The Hall–Kier alpha value is -1.14. The fraction of sp³-hybridized carbons (Fsp3) is 0.750. The number of hydrogen-bond donors (Lipinski definition) is 4. The number of carboxylic acid groups (broad SMARTS) is 2. The largest absolute Gasteiger partial charge is 0.481 e. The van der Waals surface area contributed by atoms with E-state index in [1.807, 2.05) is 0 Å². The molecular formula is C8H18N2O4. The number of hydrogen-bond acceptors (Lipinski definition) is 4. The van der Waals surface area contributed by atoms with Crippen LogP contribution in [0.15, 0.2) is 0 Å². The molecule has 0 fully saturated rings. The zero-order valence-electron chi connectivity index (χ0n) is 8.11. The molecule has 0 saturated carbocycles. The van der Waals surface area contributed by atoms with Crippen LogP contribution in [-0.4, -0.2) is 35.2 Å². The molecule has 0 radical (unpaired) electrons. The van der Waals surface area contributed by atoms with Gasteiger partial charge in [0.15, 0.2) is 0 Å². The molecule has 0 aromatic rings. The lowest BCUT2D eigenvalue weighted by Crippen LogP contribution is -2.05. The number of rotatable bonds is 6. The molecule has 0 amide bonds. The molecule has 0 aliphatic heterocycles. The SMILES string of the molecule is NCCC(=O)O.NCCCCC(=O)O. The van der Waals surface area contributed by atoms with Crippen LogP contribution in [0.25, 0.3) is 0 Å². The van der Waals surface area contributed by atoms with Crippen LogP contribution in [0.4, 0.5) is 0 Å². The van der Waals surface area contributed by atoms with Crippen molar-refractivity contribution in [2.45, 2.75) is 25.7 Å². The first-order valence-corrected chi connectivity index (χ1v) is 4.38. The second kappa shape index (κ2) is 11.9. The van der Waals surface area contributed by atoms with Crippen molar-refractivity contribution < 1.29 is 19.8 Å². The summed E-state index contributed by atoms with van der Waals surface area (Å²) < 4.78 is 0. The third kappa shape index (κ3) is 22.4. The van der Waals surface area contributed by atoms with Crippen molar-refractivity contribution in [2.75, 3.05) is 13.1 Å². The van der Waals surface area contributed by atoms with Crippen molar-refractivity contribution >= 4 is 11.9 Å². The van der Waals surface area contributed by atoms with E-state index in [1.54, 1.807) is 0 Å². The molecule has 0 heterocycles. The second-order valence-corrected chi connectivity index (χ2v) is 2.57. The second-order valence-electron chi connectivity index (χ2n) is 2.57. The molecule has 0 bridgehead atoms. The van der Waals surface area contributed by atoms with Crippen molar-refractivity contribution in [3.8, 4) is 0 Å². The predicted molar refractivity (Wildman–Crippen MR) is 51.8 cm³/mol.